The van der Waals surface area contributed by atoms with E-state index >= 15 is 0 Å². The number of carbonyl (C=O) groups is 2. The molecule has 42 heavy (non-hydrogen) atoms. The van der Waals surface area contributed by atoms with Crippen molar-refractivity contribution in [3.8, 4) is 17.2 Å². The number of nitrogens with zero attached hydrogens (tertiary/aromatic N) is 3. The minimum Gasteiger partial charge on any atom is -0.494 e. The summed E-state index contributed by atoms with van der Waals surface area (Å²) in [5, 5.41) is 0. The van der Waals surface area contributed by atoms with Crippen molar-refractivity contribution in [2.24, 2.45) is 5.73 Å². The van der Waals surface area contributed by atoms with Crippen molar-refractivity contribution in [1.29, 1.82) is 0 Å². The van der Waals surface area contributed by atoms with Crippen LogP contribution in [0.1, 0.15) is 28.8 Å². The van der Waals surface area contributed by atoms with E-state index in [1.54, 1.807) is 29.2 Å². The molecular weight excluding hydrogens is 569 g/mol. The zero-order chi connectivity index (χ0) is 29.5. The van der Waals surface area contributed by atoms with Crippen molar-refractivity contribution in [3.63, 3.8) is 0 Å². The lowest BCUT2D eigenvalue weighted by molar-refractivity contribution is -0.113. The number of benzene rings is 3. The lowest BCUT2D eigenvalue weighted by atomic mass is 10.2. The molecule has 2 fully saturated rings. The molecule has 0 aliphatic carbocycles. The molecule has 2 saturated heterocycles. The molecule has 3 aromatic rings. The number of hydrogen-bond acceptors (Lipinski definition) is 8. The topological polar surface area (TPSA) is 88.3 Å². The van der Waals surface area contributed by atoms with Crippen molar-refractivity contribution >= 4 is 51.9 Å². The molecule has 2 amide bonds. The predicted octanol–water partition coefficient (Wildman–Crippen LogP) is 5.39. The minimum atomic E-state index is -0.486. The van der Waals surface area contributed by atoms with E-state index < -0.39 is 5.91 Å². The second kappa shape index (κ2) is 14.0. The number of ether oxygens (including phenoxy) is 2. The van der Waals surface area contributed by atoms with E-state index in [1.807, 2.05) is 54.6 Å². The van der Waals surface area contributed by atoms with Crippen LogP contribution in [-0.4, -0.2) is 72.3 Å². The first kappa shape index (κ1) is 29.8. The van der Waals surface area contributed by atoms with Gasteiger partial charge in [-0.05, 0) is 86.6 Å². The van der Waals surface area contributed by atoms with E-state index in [2.05, 4.69) is 16.8 Å². The second-order valence-electron chi connectivity index (χ2n) is 10.3. The number of likely N-dealkylation sites (N-methyl/N-ethyl adjacent to an activating group) is 1. The number of amides is 2. The molecule has 0 radical (unpaired) electrons. The molecule has 0 spiro atoms. The molecule has 0 saturated carbocycles. The van der Waals surface area contributed by atoms with E-state index in [0.29, 0.717) is 38.6 Å². The van der Waals surface area contributed by atoms with Crippen molar-refractivity contribution in [3.05, 3.63) is 88.8 Å². The molecule has 0 atom stereocenters. The third-order valence-corrected chi connectivity index (χ3v) is 8.46. The molecule has 2 N–H and O–H groups in total. The van der Waals surface area contributed by atoms with Crippen LogP contribution in [-0.2, 0) is 4.79 Å². The zero-order valence-electron chi connectivity index (χ0n) is 23.5. The van der Waals surface area contributed by atoms with Gasteiger partial charge in [0.15, 0.2) is 4.32 Å². The normalized spacial score (nSPS) is 17.2. The Morgan fingerprint density at radius 3 is 2.33 bits per heavy atom. The maximum atomic E-state index is 13.3. The quantitative estimate of drug-likeness (QED) is 0.178. The molecule has 2 aliphatic rings. The van der Waals surface area contributed by atoms with Crippen LogP contribution in [0.5, 0.6) is 17.2 Å². The number of piperazine rings is 1. The van der Waals surface area contributed by atoms with Crippen LogP contribution in [0, 0.1) is 0 Å². The molecule has 2 aliphatic heterocycles. The summed E-state index contributed by atoms with van der Waals surface area (Å²) in [4.78, 5) is 31.6. The van der Waals surface area contributed by atoms with Crippen LogP contribution in [0.2, 0.25) is 0 Å². The maximum absolute atomic E-state index is 13.3. The van der Waals surface area contributed by atoms with E-state index in [-0.39, 0.29) is 5.91 Å². The summed E-state index contributed by atoms with van der Waals surface area (Å²) < 4.78 is 12.3. The van der Waals surface area contributed by atoms with Crippen molar-refractivity contribution < 1.29 is 19.1 Å². The molecular formula is C32H34N4O4S2. The first-order valence-corrected chi connectivity index (χ1v) is 15.2. The van der Waals surface area contributed by atoms with Gasteiger partial charge in [0.2, 0.25) is 5.91 Å². The Morgan fingerprint density at radius 1 is 0.952 bits per heavy atom. The first-order chi connectivity index (χ1) is 20.4. The maximum Gasteiger partial charge on any atom is 0.270 e. The van der Waals surface area contributed by atoms with E-state index in [0.717, 1.165) is 56.9 Å². The van der Waals surface area contributed by atoms with Gasteiger partial charge in [0.05, 0.1) is 17.2 Å². The summed E-state index contributed by atoms with van der Waals surface area (Å²) in [5.74, 6) is 1.29. The van der Waals surface area contributed by atoms with Gasteiger partial charge in [0.25, 0.3) is 5.91 Å². The molecule has 0 bridgehead atoms. The van der Waals surface area contributed by atoms with Crippen LogP contribution in [0.4, 0.5) is 5.69 Å². The number of thiocarbonyl (C=S) groups is 1. The Balaban J connectivity index is 1.14. The van der Waals surface area contributed by atoms with Gasteiger partial charge in [-0.1, -0.05) is 42.2 Å². The first-order valence-electron chi connectivity index (χ1n) is 14.0. The number of anilines is 1. The third-order valence-electron chi connectivity index (χ3n) is 7.16. The van der Waals surface area contributed by atoms with Crippen LogP contribution < -0.4 is 20.1 Å². The third kappa shape index (κ3) is 7.77. The molecule has 5 rings (SSSR count). The van der Waals surface area contributed by atoms with Crippen LogP contribution >= 0.6 is 24.0 Å². The van der Waals surface area contributed by atoms with Gasteiger partial charge in [0.1, 0.15) is 17.2 Å². The average Bonchev–Trinajstić information content (AvgIpc) is 3.27. The SMILES string of the molecule is CN1CCN(CCCCOc2cccc(N3C(=O)C(=Cc4ccc(Oc5ccc(C(N)=O)cc5)cc4)SC3=S)c2)CC1. The Hall–Kier alpha value is -3.70. The fourth-order valence-corrected chi connectivity index (χ4v) is 6.01. The van der Waals surface area contributed by atoms with E-state index in [1.165, 1.54) is 11.8 Å². The van der Waals surface area contributed by atoms with Gasteiger partial charge >= 0.3 is 0 Å². The minimum absolute atomic E-state index is 0.163. The smallest absolute Gasteiger partial charge is 0.270 e. The predicted molar refractivity (Wildman–Crippen MR) is 172 cm³/mol. The number of rotatable bonds is 11. The summed E-state index contributed by atoms with van der Waals surface area (Å²) in [7, 11) is 2.17. The lowest BCUT2D eigenvalue weighted by Crippen LogP contribution is -2.44. The average molecular weight is 603 g/mol. The standard InChI is InChI=1S/C32H34N4O4S2/c1-34-16-18-35(19-17-34)15-2-3-20-39-28-6-4-5-25(22-28)36-31(38)29(42-32(36)41)21-23-7-11-26(12-8-23)40-27-13-9-24(10-14-27)30(33)37/h4-14,21-22H,2-3,15-20H2,1H3,(H2,33,37). The molecule has 218 valence electrons. The van der Waals surface area contributed by atoms with Gasteiger partial charge in [-0.15, -0.1) is 0 Å². The Kier molecular flexibility index (Phi) is 9.91. The van der Waals surface area contributed by atoms with Crippen molar-refractivity contribution in [2.45, 2.75) is 12.8 Å². The van der Waals surface area contributed by atoms with Crippen LogP contribution in [0.15, 0.2) is 77.7 Å². The highest BCUT2D eigenvalue weighted by Gasteiger charge is 2.33. The number of nitrogens with two attached hydrogens (primary N) is 1. The van der Waals surface area contributed by atoms with Gasteiger partial charge < -0.3 is 25.0 Å². The van der Waals surface area contributed by atoms with Gasteiger partial charge in [-0.3, -0.25) is 14.5 Å². The second-order valence-corrected chi connectivity index (χ2v) is 12.0. The molecule has 3 aromatic carbocycles. The van der Waals surface area contributed by atoms with Crippen molar-refractivity contribution in [1.82, 2.24) is 9.80 Å². The van der Waals surface area contributed by atoms with Gasteiger partial charge in [-0.2, -0.15) is 0 Å². The number of unbranched alkanes of at least 4 members (excludes halogenated alkanes) is 1. The molecule has 0 aromatic heterocycles. The number of carbonyl (C=O) groups excluding carboxylic acids is 2. The Morgan fingerprint density at radius 2 is 1.64 bits per heavy atom. The molecule has 8 nitrogen and oxygen atoms in total. The van der Waals surface area contributed by atoms with Crippen molar-refractivity contribution in [2.75, 3.05) is 51.3 Å². The fraction of sp³-hybridized carbons (Fsp3) is 0.281. The Labute approximate surface area is 256 Å². The molecule has 10 heteroatoms. The van der Waals surface area contributed by atoms with Gasteiger partial charge in [-0.25, -0.2) is 0 Å². The molecule has 2 heterocycles. The number of primary amides is 1. The summed E-state index contributed by atoms with van der Waals surface area (Å²) in [6.45, 7) is 6.26. The summed E-state index contributed by atoms with van der Waals surface area (Å²) in [6, 6.07) is 21.5. The van der Waals surface area contributed by atoms with Gasteiger partial charge in [0, 0.05) is 37.8 Å². The van der Waals surface area contributed by atoms with Crippen LogP contribution in [0.25, 0.3) is 6.08 Å². The largest absolute Gasteiger partial charge is 0.494 e. The monoisotopic (exact) mass is 602 g/mol. The lowest BCUT2D eigenvalue weighted by Gasteiger charge is -2.32. The number of hydrogen-bond donors (Lipinski definition) is 1. The molecule has 0 unspecified atom stereocenters. The highest BCUT2D eigenvalue weighted by Crippen LogP contribution is 2.37. The highest BCUT2D eigenvalue weighted by atomic mass is 32.2. The summed E-state index contributed by atoms with van der Waals surface area (Å²) in [6.07, 6.45) is 3.90. The summed E-state index contributed by atoms with van der Waals surface area (Å²) in [5.41, 5.74) is 7.25. The summed E-state index contributed by atoms with van der Waals surface area (Å²) >= 11 is 6.85. The fourth-order valence-electron chi connectivity index (χ4n) is 4.71. The Bertz CT molecular complexity index is 1450. The zero-order valence-corrected chi connectivity index (χ0v) is 25.2. The van der Waals surface area contributed by atoms with E-state index in [9.17, 15) is 9.59 Å². The highest BCUT2D eigenvalue weighted by molar-refractivity contribution is 8.27. The van der Waals surface area contributed by atoms with Crippen LogP contribution in [0.3, 0.4) is 0 Å². The number of thioether (sulfide) groups is 1. The van der Waals surface area contributed by atoms with E-state index in [4.69, 9.17) is 27.4 Å².